The maximum Gasteiger partial charge on any atom is 0.253 e. The maximum absolute atomic E-state index is 13.6. The van der Waals surface area contributed by atoms with Gasteiger partial charge in [-0.05, 0) is 62.4 Å². The van der Waals surface area contributed by atoms with E-state index in [1.807, 2.05) is 74.5 Å². The van der Waals surface area contributed by atoms with Gasteiger partial charge < -0.3 is 11.1 Å². The van der Waals surface area contributed by atoms with Crippen molar-refractivity contribution in [2.75, 3.05) is 16.0 Å². The molecular formula is C29H26BrN5O3S. The molecule has 39 heavy (non-hydrogen) atoms. The SMILES string of the molecule is Cc1ccc(N(C(=O)Cc2ncc(C(N)=O)c(SCC(=O)Nc3ccc(Br)cc3)n2)c2ccc(C)cc2)cc1. The quantitative estimate of drug-likeness (QED) is 0.190. The average molecular weight is 605 g/mol. The Balaban J connectivity index is 1.54. The summed E-state index contributed by atoms with van der Waals surface area (Å²) in [6, 6.07) is 22.5. The van der Waals surface area contributed by atoms with E-state index in [0.717, 1.165) is 27.4 Å². The van der Waals surface area contributed by atoms with Gasteiger partial charge in [-0.25, -0.2) is 9.97 Å². The number of carbonyl (C=O) groups is 3. The number of carbonyl (C=O) groups excluding carboxylic acids is 3. The molecule has 0 aliphatic heterocycles. The van der Waals surface area contributed by atoms with Crippen LogP contribution in [0.2, 0.25) is 0 Å². The third-order valence-corrected chi connectivity index (χ3v) is 7.20. The number of halogens is 1. The van der Waals surface area contributed by atoms with Gasteiger partial charge in [-0.15, -0.1) is 0 Å². The molecular weight excluding hydrogens is 578 g/mol. The Labute approximate surface area is 239 Å². The van der Waals surface area contributed by atoms with E-state index in [9.17, 15) is 14.4 Å². The number of hydrogen-bond donors (Lipinski definition) is 2. The highest BCUT2D eigenvalue weighted by Gasteiger charge is 2.21. The Morgan fingerprint density at radius 2 is 1.46 bits per heavy atom. The molecule has 4 aromatic rings. The minimum atomic E-state index is -0.718. The van der Waals surface area contributed by atoms with Gasteiger partial charge in [0.05, 0.1) is 17.7 Å². The van der Waals surface area contributed by atoms with Gasteiger partial charge in [-0.3, -0.25) is 19.3 Å². The van der Waals surface area contributed by atoms with Gasteiger partial charge in [0.15, 0.2) is 0 Å². The molecule has 0 fully saturated rings. The number of nitrogens with zero attached hydrogens (tertiary/aromatic N) is 3. The molecule has 0 saturated heterocycles. The Hall–Kier alpha value is -4.02. The molecule has 3 amide bonds. The van der Waals surface area contributed by atoms with Gasteiger partial charge in [-0.2, -0.15) is 0 Å². The van der Waals surface area contributed by atoms with Crippen LogP contribution in [0.3, 0.4) is 0 Å². The highest BCUT2D eigenvalue weighted by molar-refractivity contribution is 9.10. The Bertz CT molecular complexity index is 1450. The molecule has 3 N–H and O–H groups in total. The first kappa shape index (κ1) is 28.0. The number of hydrogen-bond acceptors (Lipinski definition) is 6. The van der Waals surface area contributed by atoms with Crippen LogP contribution in [0.1, 0.15) is 27.3 Å². The van der Waals surface area contributed by atoms with E-state index in [4.69, 9.17) is 5.73 Å². The molecule has 0 aliphatic rings. The van der Waals surface area contributed by atoms with Gasteiger partial charge in [0, 0.05) is 27.7 Å². The van der Waals surface area contributed by atoms with Gasteiger partial charge in [0.25, 0.3) is 5.91 Å². The zero-order valence-corrected chi connectivity index (χ0v) is 23.8. The lowest BCUT2D eigenvalue weighted by Crippen LogP contribution is -2.28. The van der Waals surface area contributed by atoms with Crippen LogP contribution in [-0.2, 0) is 16.0 Å². The molecule has 1 heterocycles. The van der Waals surface area contributed by atoms with Crippen LogP contribution in [0, 0.1) is 13.8 Å². The van der Waals surface area contributed by atoms with Crippen LogP contribution in [0.25, 0.3) is 0 Å². The first-order valence-electron chi connectivity index (χ1n) is 12.0. The number of amides is 3. The van der Waals surface area contributed by atoms with Crippen molar-refractivity contribution in [2.24, 2.45) is 5.73 Å². The summed E-state index contributed by atoms with van der Waals surface area (Å²) in [6.07, 6.45) is 1.18. The monoisotopic (exact) mass is 603 g/mol. The standard InChI is InChI=1S/C29H26BrN5O3S/c1-18-3-11-22(12-4-18)35(23-13-5-19(2)6-14-23)27(37)15-25-32-16-24(28(31)38)29(34-25)39-17-26(36)33-21-9-7-20(30)8-10-21/h3-14,16H,15,17H2,1-2H3,(H2,31,38)(H,33,36). The molecule has 0 atom stereocenters. The van der Waals surface area contributed by atoms with Crippen molar-refractivity contribution < 1.29 is 14.4 Å². The van der Waals surface area contributed by atoms with Crippen LogP contribution in [-0.4, -0.2) is 33.4 Å². The number of aryl methyl sites for hydroxylation is 2. The average Bonchev–Trinajstić information content (AvgIpc) is 2.91. The normalized spacial score (nSPS) is 10.6. The number of aromatic nitrogens is 2. The summed E-state index contributed by atoms with van der Waals surface area (Å²) in [5.41, 5.74) is 9.82. The summed E-state index contributed by atoms with van der Waals surface area (Å²) in [5.74, 6) is -1.05. The van der Waals surface area contributed by atoms with E-state index < -0.39 is 5.91 Å². The number of anilines is 3. The van der Waals surface area contributed by atoms with E-state index in [-0.39, 0.29) is 40.4 Å². The predicted molar refractivity (Wildman–Crippen MR) is 157 cm³/mol. The van der Waals surface area contributed by atoms with Crippen molar-refractivity contribution in [1.82, 2.24) is 9.97 Å². The third kappa shape index (κ3) is 7.52. The van der Waals surface area contributed by atoms with Gasteiger partial charge in [0.2, 0.25) is 11.8 Å². The van der Waals surface area contributed by atoms with E-state index in [2.05, 4.69) is 31.2 Å². The molecule has 0 spiro atoms. The first-order valence-corrected chi connectivity index (χ1v) is 13.8. The molecule has 8 nitrogen and oxygen atoms in total. The molecule has 0 unspecified atom stereocenters. The predicted octanol–water partition coefficient (Wildman–Crippen LogP) is 5.59. The lowest BCUT2D eigenvalue weighted by Gasteiger charge is -2.23. The van der Waals surface area contributed by atoms with E-state index in [0.29, 0.717) is 17.1 Å². The van der Waals surface area contributed by atoms with Crippen molar-refractivity contribution in [3.8, 4) is 0 Å². The topological polar surface area (TPSA) is 118 Å². The van der Waals surface area contributed by atoms with Gasteiger partial charge >= 0.3 is 0 Å². The third-order valence-electron chi connectivity index (χ3n) is 5.68. The first-order chi connectivity index (χ1) is 18.7. The fraction of sp³-hybridized carbons (Fsp3) is 0.138. The van der Waals surface area contributed by atoms with Gasteiger partial charge in [0.1, 0.15) is 10.9 Å². The highest BCUT2D eigenvalue weighted by atomic mass is 79.9. The summed E-state index contributed by atoms with van der Waals surface area (Å²) in [4.78, 5) is 48.4. The number of rotatable bonds is 9. The van der Waals surface area contributed by atoms with Crippen LogP contribution in [0.4, 0.5) is 17.1 Å². The van der Waals surface area contributed by atoms with Crippen molar-refractivity contribution >= 4 is 62.5 Å². The summed E-state index contributed by atoms with van der Waals surface area (Å²) in [5, 5.41) is 3.03. The lowest BCUT2D eigenvalue weighted by atomic mass is 10.1. The number of primary amides is 1. The van der Waals surface area contributed by atoms with Crippen molar-refractivity contribution in [1.29, 1.82) is 0 Å². The van der Waals surface area contributed by atoms with Crippen molar-refractivity contribution in [3.63, 3.8) is 0 Å². The minimum absolute atomic E-state index is 0.0143. The molecule has 0 aliphatic carbocycles. The second-order valence-electron chi connectivity index (χ2n) is 8.79. The Morgan fingerprint density at radius 3 is 2.00 bits per heavy atom. The number of nitrogens with two attached hydrogens (primary N) is 1. The fourth-order valence-electron chi connectivity index (χ4n) is 3.67. The van der Waals surface area contributed by atoms with Crippen molar-refractivity contribution in [2.45, 2.75) is 25.3 Å². The zero-order chi connectivity index (χ0) is 27.9. The summed E-state index contributed by atoms with van der Waals surface area (Å²) >= 11 is 4.41. The molecule has 0 bridgehead atoms. The second kappa shape index (κ2) is 12.7. The molecule has 198 valence electrons. The fourth-order valence-corrected chi connectivity index (χ4v) is 4.75. The molecule has 1 aromatic heterocycles. The van der Waals surface area contributed by atoms with E-state index in [1.54, 1.807) is 17.0 Å². The smallest absolute Gasteiger partial charge is 0.253 e. The number of nitrogens with one attached hydrogen (secondary N) is 1. The molecule has 4 rings (SSSR count). The number of thioether (sulfide) groups is 1. The summed E-state index contributed by atoms with van der Waals surface area (Å²) < 4.78 is 0.896. The summed E-state index contributed by atoms with van der Waals surface area (Å²) in [7, 11) is 0. The molecule has 0 saturated carbocycles. The van der Waals surface area contributed by atoms with Crippen LogP contribution < -0.4 is 16.0 Å². The molecule has 10 heteroatoms. The van der Waals surface area contributed by atoms with Crippen molar-refractivity contribution in [3.05, 3.63) is 106 Å². The maximum atomic E-state index is 13.6. The zero-order valence-electron chi connectivity index (χ0n) is 21.3. The second-order valence-corrected chi connectivity index (χ2v) is 10.7. The number of benzene rings is 3. The molecule has 3 aromatic carbocycles. The summed E-state index contributed by atoms with van der Waals surface area (Å²) in [6.45, 7) is 3.96. The minimum Gasteiger partial charge on any atom is -0.365 e. The van der Waals surface area contributed by atoms with Gasteiger partial charge in [-0.1, -0.05) is 63.1 Å². The van der Waals surface area contributed by atoms with E-state index in [1.165, 1.54) is 6.20 Å². The highest BCUT2D eigenvalue weighted by Crippen LogP contribution is 2.28. The Morgan fingerprint density at radius 1 is 0.897 bits per heavy atom. The lowest BCUT2D eigenvalue weighted by molar-refractivity contribution is -0.117. The van der Waals surface area contributed by atoms with Crippen LogP contribution >= 0.6 is 27.7 Å². The van der Waals surface area contributed by atoms with Crippen LogP contribution in [0.15, 0.2) is 88.5 Å². The van der Waals surface area contributed by atoms with E-state index >= 15 is 0 Å². The Kier molecular flexibility index (Phi) is 9.11. The molecule has 0 radical (unpaired) electrons. The largest absolute Gasteiger partial charge is 0.365 e. The van der Waals surface area contributed by atoms with Crippen LogP contribution in [0.5, 0.6) is 0 Å².